The van der Waals surface area contributed by atoms with Gasteiger partial charge in [-0.05, 0) is 59.2 Å². The van der Waals surface area contributed by atoms with E-state index in [0.717, 1.165) is 45.4 Å². The zero-order valence-corrected chi connectivity index (χ0v) is 18.5. The Bertz CT molecular complexity index is 1340. The molecule has 32 heavy (non-hydrogen) atoms. The predicted molar refractivity (Wildman–Crippen MR) is 142 cm³/mol. The number of hydrogen-bond donors (Lipinski definition) is 1. The number of rotatable bonds is 8. The maximum Gasteiger partial charge on any atom is 0.0453 e. The van der Waals surface area contributed by atoms with Crippen molar-refractivity contribution in [1.82, 2.24) is 9.55 Å². The Hall–Kier alpha value is -4.04. The highest BCUT2D eigenvalue weighted by molar-refractivity contribution is 5.85. The number of H-pyrrole nitrogens is 1. The summed E-state index contributed by atoms with van der Waals surface area (Å²) < 4.78 is 2.06. The van der Waals surface area contributed by atoms with Gasteiger partial charge in [-0.15, -0.1) is 6.58 Å². The first kappa shape index (κ1) is 22.6. The molecule has 0 aliphatic rings. The second-order valence-corrected chi connectivity index (χ2v) is 7.37. The van der Waals surface area contributed by atoms with Gasteiger partial charge >= 0.3 is 0 Å². The monoisotopic (exact) mass is 418 g/mol. The van der Waals surface area contributed by atoms with Crippen molar-refractivity contribution >= 4 is 35.3 Å². The largest absolute Gasteiger partial charge is 0.361 e. The molecule has 2 aromatic heterocycles. The highest BCUT2D eigenvalue weighted by atomic mass is 14.9. The number of nitrogens with zero attached hydrogens (tertiary/aromatic N) is 1. The summed E-state index contributed by atoms with van der Waals surface area (Å²) in [5.41, 5.74) is 4.46. The van der Waals surface area contributed by atoms with Crippen LogP contribution in [0.1, 0.15) is 17.5 Å². The standard InChI is InChI=1S/C30H30N2/c1-5-8-15-28-23-32(24(4)29(28)14-6-2)21-13-17-25(7-3)26-18-19-30-27(22-26)16-11-9-10-12-20-31-30/h5-7,9-14,16-23,31H,1-4,8,15H2. The number of benzene rings is 1. The van der Waals surface area contributed by atoms with Crippen LogP contribution in [0.5, 0.6) is 0 Å². The molecule has 0 amide bonds. The maximum absolute atomic E-state index is 4.26. The molecule has 0 radical (unpaired) electrons. The van der Waals surface area contributed by atoms with E-state index >= 15 is 0 Å². The second-order valence-electron chi connectivity index (χ2n) is 7.37. The smallest absolute Gasteiger partial charge is 0.0453 e. The summed E-state index contributed by atoms with van der Waals surface area (Å²) in [6.45, 7) is 15.9. The highest BCUT2D eigenvalue weighted by Gasteiger charge is 2.02. The fourth-order valence-corrected chi connectivity index (χ4v) is 3.56. The molecule has 3 aromatic rings. The lowest BCUT2D eigenvalue weighted by Gasteiger charge is -2.03. The van der Waals surface area contributed by atoms with Gasteiger partial charge in [-0.25, -0.2) is 0 Å². The van der Waals surface area contributed by atoms with E-state index in [9.17, 15) is 0 Å². The molecule has 0 unspecified atom stereocenters. The van der Waals surface area contributed by atoms with Crippen LogP contribution in [-0.2, 0) is 6.42 Å². The summed E-state index contributed by atoms with van der Waals surface area (Å²) in [6.07, 6.45) is 19.7. The molecule has 0 saturated heterocycles. The van der Waals surface area contributed by atoms with E-state index in [2.05, 4.69) is 72.4 Å². The number of fused-ring (bicyclic) bond motifs is 1. The van der Waals surface area contributed by atoms with E-state index in [-0.39, 0.29) is 0 Å². The van der Waals surface area contributed by atoms with Crippen molar-refractivity contribution in [2.75, 3.05) is 0 Å². The Labute approximate surface area is 190 Å². The third-order valence-electron chi connectivity index (χ3n) is 5.24. The molecule has 0 spiro atoms. The summed E-state index contributed by atoms with van der Waals surface area (Å²) in [5, 5.41) is 3.19. The lowest BCUT2D eigenvalue weighted by atomic mass is 10.0. The average Bonchev–Trinajstić information content (AvgIpc) is 3.15. The Morgan fingerprint density at radius 3 is 2.66 bits per heavy atom. The molecule has 0 aliphatic heterocycles. The van der Waals surface area contributed by atoms with Crippen molar-refractivity contribution in [3.63, 3.8) is 0 Å². The number of hydrogen-bond acceptors (Lipinski definition) is 0. The minimum Gasteiger partial charge on any atom is -0.361 e. The van der Waals surface area contributed by atoms with Gasteiger partial charge in [0, 0.05) is 34.7 Å². The number of allylic oxidation sites excluding steroid dienone is 6. The summed E-state index contributed by atoms with van der Waals surface area (Å²) in [5.74, 6) is 0. The quantitative estimate of drug-likeness (QED) is 0.326. The lowest BCUT2D eigenvalue weighted by molar-refractivity contribution is 0.994. The molecule has 2 nitrogen and oxygen atoms in total. The summed E-state index contributed by atoms with van der Waals surface area (Å²) >= 11 is 0. The fourth-order valence-electron chi connectivity index (χ4n) is 3.56. The van der Waals surface area contributed by atoms with Gasteiger partial charge in [-0.1, -0.05) is 80.4 Å². The number of nitrogens with one attached hydrogen (secondary N) is 1. The van der Waals surface area contributed by atoms with Gasteiger partial charge in [0.1, 0.15) is 0 Å². The van der Waals surface area contributed by atoms with Crippen molar-refractivity contribution < 1.29 is 0 Å². The Morgan fingerprint density at radius 2 is 1.88 bits per heavy atom. The Balaban J connectivity index is 1.97. The van der Waals surface area contributed by atoms with E-state index in [1.807, 2.05) is 67.0 Å². The fraction of sp³-hybridized carbons (Fsp3) is 0.0667. The molecule has 0 atom stereocenters. The first-order chi connectivity index (χ1) is 15.7. The topological polar surface area (TPSA) is 20.7 Å². The molecule has 2 heterocycles. The van der Waals surface area contributed by atoms with Crippen LogP contribution in [0, 0.1) is 0 Å². The van der Waals surface area contributed by atoms with Crippen molar-refractivity contribution in [1.29, 1.82) is 0 Å². The SMILES string of the molecule is C=CC=c1c(CCC=C)cn(C=CC=C(C=C)c2ccc3[nH]ccccccc3c2)c1=C. The van der Waals surface area contributed by atoms with Crippen LogP contribution in [0.3, 0.4) is 0 Å². The van der Waals surface area contributed by atoms with Crippen molar-refractivity contribution in [2.45, 2.75) is 12.8 Å². The zero-order chi connectivity index (χ0) is 22.8. The first-order valence-corrected chi connectivity index (χ1v) is 10.7. The van der Waals surface area contributed by atoms with E-state index in [1.165, 1.54) is 5.56 Å². The Morgan fingerprint density at radius 1 is 1.03 bits per heavy atom. The third kappa shape index (κ3) is 5.55. The summed E-state index contributed by atoms with van der Waals surface area (Å²) in [4.78, 5) is 3.32. The molecule has 0 fully saturated rings. The van der Waals surface area contributed by atoms with Gasteiger partial charge in [0.05, 0.1) is 0 Å². The maximum atomic E-state index is 4.26. The van der Waals surface area contributed by atoms with Crippen LogP contribution in [0.25, 0.3) is 35.3 Å². The van der Waals surface area contributed by atoms with E-state index < -0.39 is 0 Å². The molecule has 0 aliphatic carbocycles. The second kappa shape index (κ2) is 11.4. The van der Waals surface area contributed by atoms with Crippen LogP contribution in [-0.4, -0.2) is 9.55 Å². The number of aromatic amines is 1. The molecule has 1 aromatic carbocycles. The predicted octanol–water partition coefficient (Wildman–Crippen LogP) is 6.33. The van der Waals surface area contributed by atoms with Crippen LogP contribution < -0.4 is 10.6 Å². The molecule has 0 bridgehead atoms. The molecular formula is C30H30N2. The van der Waals surface area contributed by atoms with E-state index in [4.69, 9.17) is 0 Å². The first-order valence-electron chi connectivity index (χ1n) is 10.7. The van der Waals surface area contributed by atoms with Crippen molar-refractivity contribution in [2.24, 2.45) is 0 Å². The van der Waals surface area contributed by atoms with Crippen molar-refractivity contribution in [3.05, 3.63) is 133 Å². The van der Waals surface area contributed by atoms with Gasteiger partial charge in [0.2, 0.25) is 0 Å². The third-order valence-corrected chi connectivity index (χ3v) is 5.24. The Kier molecular flexibility index (Phi) is 8.05. The number of aromatic nitrogens is 2. The van der Waals surface area contributed by atoms with Crippen molar-refractivity contribution in [3.8, 4) is 0 Å². The minimum atomic E-state index is 0.929. The molecular weight excluding hydrogens is 388 g/mol. The van der Waals surface area contributed by atoms with Crippen LogP contribution in [0.15, 0.2) is 111 Å². The normalized spacial score (nSPS) is 12.1. The summed E-state index contributed by atoms with van der Waals surface area (Å²) in [7, 11) is 0. The molecule has 1 N–H and O–H groups in total. The van der Waals surface area contributed by atoms with Gasteiger partial charge in [-0.3, -0.25) is 0 Å². The highest BCUT2D eigenvalue weighted by Crippen LogP contribution is 2.20. The van der Waals surface area contributed by atoms with E-state index in [1.54, 1.807) is 0 Å². The van der Waals surface area contributed by atoms with Gasteiger partial charge in [0.15, 0.2) is 0 Å². The molecule has 3 rings (SSSR count). The minimum absolute atomic E-state index is 0.929. The van der Waals surface area contributed by atoms with Gasteiger partial charge in [0.25, 0.3) is 0 Å². The summed E-state index contributed by atoms with van der Waals surface area (Å²) in [6, 6.07) is 16.5. The molecule has 2 heteroatoms. The van der Waals surface area contributed by atoms with Gasteiger partial charge < -0.3 is 9.55 Å². The van der Waals surface area contributed by atoms with Crippen LogP contribution >= 0.6 is 0 Å². The number of aryl methyl sites for hydroxylation is 1. The molecule has 0 saturated carbocycles. The van der Waals surface area contributed by atoms with E-state index in [0.29, 0.717) is 0 Å². The zero-order valence-electron chi connectivity index (χ0n) is 18.5. The lowest BCUT2D eigenvalue weighted by Crippen LogP contribution is -2.26. The molecule has 160 valence electrons. The average molecular weight is 419 g/mol. The van der Waals surface area contributed by atoms with Gasteiger partial charge in [-0.2, -0.15) is 0 Å². The van der Waals surface area contributed by atoms with Crippen LogP contribution in [0.2, 0.25) is 0 Å². The van der Waals surface area contributed by atoms with Crippen LogP contribution in [0.4, 0.5) is 0 Å².